The first-order chi connectivity index (χ1) is 9.66. The smallest absolute Gasteiger partial charge is 0.150 e. The standard InChI is InChI=1S/C16H24ClNO2S/c1-16(2,3)18-10-15(12-5-4-6-14(17)9-12)13-7-8-21(19,20)11-13/h4-6,9,13,15,18H,7-8,10-11H2,1-3H3. The maximum Gasteiger partial charge on any atom is 0.150 e. The van der Waals surface area contributed by atoms with E-state index in [1.807, 2.05) is 24.3 Å². The molecule has 1 aliphatic rings. The normalized spacial score (nSPS) is 23.1. The number of hydrogen-bond acceptors (Lipinski definition) is 3. The van der Waals surface area contributed by atoms with Crippen molar-refractivity contribution in [3.63, 3.8) is 0 Å². The van der Waals surface area contributed by atoms with Crippen LogP contribution < -0.4 is 5.32 Å². The van der Waals surface area contributed by atoms with E-state index in [4.69, 9.17) is 11.6 Å². The molecule has 0 saturated carbocycles. The zero-order chi connectivity index (χ0) is 15.7. The van der Waals surface area contributed by atoms with Crippen molar-refractivity contribution in [1.29, 1.82) is 0 Å². The maximum absolute atomic E-state index is 11.8. The summed E-state index contributed by atoms with van der Waals surface area (Å²) in [6.45, 7) is 7.12. The average molecular weight is 330 g/mol. The summed E-state index contributed by atoms with van der Waals surface area (Å²) in [6, 6.07) is 7.79. The topological polar surface area (TPSA) is 46.2 Å². The summed E-state index contributed by atoms with van der Waals surface area (Å²) < 4.78 is 23.6. The summed E-state index contributed by atoms with van der Waals surface area (Å²) in [7, 11) is -2.87. The van der Waals surface area contributed by atoms with Gasteiger partial charge in [-0.2, -0.15) is 0 Å². The van der Waals surface area contributed by atoms with Crippen molar-refractivity contribution in [3.8, 4) is 0 Å². The molecule has 1 aromatic rings. The minimum Gasteiger partial charge on any atom is -0.311 e. The first-order valence-corrected chi connectivity index (χ1v) is 9.57. The quantitative estimate of drug-likeness (QED) is 0.922. The predicted octanol–water partition coefficient (Wildman–Crippen LogP) is 3.25. The molecule has 3 nitrogen and oxygen atoms in total. The molecule has 21 heavy (non-hydrogen) atoms. The number of benzene rings is 1. The highest BCUT2D eigenvalue weighted by Crippen LogP contribution is 2.34. The molecule has 1 fully saturated rings. The van der Waals surface area contributed by atoms with Crippen molar-refractivity contribution >= 4 is 21.4 Å². The Morgan fingerprint density at radius 2 is 2.10 bits per heavy atom. The minimum absolute atomic E-state index is 0.00824. The second-order valence-electron chi connectivity index (χ2n) is 6.96. The number of halogens is 1. The van der Waals surface area contributed by atoms with Crippen LogP contribution in [0.3, 0.4) is 0 Å². The van der Waals surface area contributed by atoms with Crippen molar-refractivity contribution in [1.82, 2.24) is 5.32 Å². The van der Waals surface area contributed by atoms with E-state index in [1.54, 1.807) is 0 Å². The van der Waals surface area contributed by atoms with E-state index in [-0.39, 0.29) is 23.1 Å². The van der Waals surface area contributed by atoms with Crippen molar-refractivity contribution in [2.24, 2.45) is 5.92 Å². The lowest BCUT2D eigenvalue weighted by Crippen LogP contribution is -2.40. The summed E-state index contributed by atoms with van der Waals surface area (Å²) in [5, 5.41) is 4.21. The first kappa shape index (κ1) is 16.8. The Bertz CT molecular complexity index is 593. The zero-order valence-corrected chi connectivity index (χ0v) is 14.5. The third kappa shape index (κ3) is 4.97. The highest BCUT2D eigenvalue weighted by atomic mass is 35.5. The van der Waals surface area contributed by atoms with Gasteiger partial charge >= 0.3 is 0 Å². The number of hydrogen-bond donors (Lipinski definition) is 1. The number of nitrogens with one attached hydrogen (secondary N) is 1. The zero-order valence-electron chi connectivity index (χ0n) is 12.9. The van der Waals surface area contributed by atoms with Crippen LogP contribution in [0.4, 0.5) is 0 Å². The van der Waals surface area contributed by atoms with Gasteiger partial charge in [-0.25, -0.2) is 8.42 Å². The molecule has 118 valence electrons. The average Bonchev–Trinajstić information content (AvgIpc) is 2.68. The summed E-state index contributed by atoms with van der Waals surface area (Å²) in [5.74, 6) is 0.948. The van der Waals surface area contributed by atoms with Crippen molar-refractivity contribution in [3.05, 3.63) is 34.9 Å². The van der Waals surface area contributed by atoms with Gasteiger partial charge in [-0.15, -0.1) is 0 Å². The highest BCUT2D eigenvalue weighted by Gasteiger charge is 2.34. The van der Waals surface area contributed by atoms with Gasteiger partial charge in [0.15, 0.2) is 9.84 Å². The van der Waals surface area contributed by atoms with E-state index < -0.39 is 9.84 Å². The lowest BCUT2D eigenvalue weighted by Gasteiger charge is -2.29. The van der Waals surface area contributed by atoms with E-state index in [9.17, 15) is 8.42 Å². The van der Waals surface area contributed by atoms with E-state index in [0.717, 1.165) is 18.5 Å². The molecule has 5 heteroatoms. The van der Waals surface area contributed by atoms with Crippen LogP contribution in [0.15, 0.2) is 24.3 Å². The molecule has 1 aromatic carbocycles. The van der Waals surface area contributed by atoms with Crippen LogP contribution in [0.5, 0.6) is 0 Å². The molecule has 0 aliphatic carbocycles. The van der Waals surface area contributed by atoms with Crippen LogP contribution in [0.1, 0.15) is 38.7 Å². The molecule has 1 aliphatic heterocycles. The van der Waals surface area contributed by atoms with Crippen LogP contribution in [-0.4, -0.2) is 32.0 Å². The van der Waals surface area contributed by atoms with Gasteiger partial charge in [0.05, 0.1) is 11.5 Å². The Morgan fingerprint density at radius 3 is 2.62 bits per heavy atom. The Balaban J connectivity index is 2.22. The third-order valence-corrected chi connectivity index (χ3v) is 5.99. The summed E-state index contributed by atoms with van der Waals surface area (Å²) in [6.07, 6.45) is 0.741. The molecule has 1 saturated heterocycles. The second-order valence-corrected chi connectivity index (χ2v) is 9.62. The summed E-state index contributed by atoms with van der Waals surface area (Å²) in [4.78, 5) is 0. The largest absolute Gasteiger partial charge is 0.311 e. The maximum atomic E-state index is 11.8. The molecule has 2 unspecified atom stereocenters. The molecule has 0 bridgehead atoms. The summed E-state index contributed by atoms with van der Waals surface area (Å²) in [5.41, 5.74) is 1.13. The van der Waals surface area contributed by atoms with Crippen LogP contribution in [0, 0.1) is 5.92 Å². The molecule has 2 rings (SSSR count). The molecule has 1 heterocycles. The van der Waals surface area contributed by atoms with Gasteiger partial charge < -0.3 is 5.32 Å². The molecule has 1 N–H and O–H groups in total. The van der Waals surface area contributed by atoms with Crippen molar-refractivity contribution < 1.29 is 8.42 Å². The Hall–Kier alpha value is -0.580. The number of rotatable bonds is 4. The van der Waals surface area contributed by atoms with Gasteiger partial charge in [0.25, 0.3) is 0 Å². The van der Waals surface area contributed by atoms with Gasteiger partial charge in [-0.3, -0.25) is 0 Å². The van der Waals surface area contributed by atoms with Crippen molar-refractivity contribution in [2.45, 2.75) is 38.6 Å². The van der Waals surface area contributed by atoms with Gasteiger partial charge in [0, 0.05) is 23.0 Å². The molecule has 0 spiro atoms. The van der Waals surface area contributed by atoms with E-state index in [2.05, 4.69) is 26.1 Å². The Kier molecular flexibility index (Phi) is 5.01. The fourth-order valence-corrected chi connectivity index (χ4v) is 4.93. The second kappa shape index (κ2) is 6.27. The Labute approximate surface area is 133 Å². The molecule has 0 aromatic heterocycles. The third-order valence-electron chi connectivity index (χ3n) is 3.97. The van der Waals surface area contributed by atoms with Crippen LogP contribution in [0.25, 0.3) is 0 Å². The highest BCUT2D eigenvalue weighted by molar-refractivity contribution is 7.91. The molecule has 2 atom stereocenters. The van der Waals surface area contributed by atoms with E-state index in [0.29, 0.717) is 10.8 Å². The first-order valence-electron chi connectivity index (χ1n) is 7.37. The lowest BCUT2D eigenvalue weighted by molar-refractivity contribution is 0.363. The van der Waals surface area contributed by atoms with Crippen LogP contribution in [-0.2, 0) is 9.84 Å². The van der Waals surface area contributed by atoms with E-state index >= 15 is 0 Å². The minimum atomic E-state index is -2.87. The fourth-order valence-electron chi connectivity index (χ4n) is 2.85. The SMILES string of the molecule is CC(C)(C)NCC(c1cccc(Cl)c1)C1CCS(=O)(=O)C1. The van der Waals surface area contributed by atoms with Crippen LogP contribution in [0.2, 0.25) is 5.02 Å². The number of sulfone groups is 1. The lowest BCUT2D eigenvalue weighted by atomic mass is 9.85. The van der Waals surface area contributed by atoms with Gasteiger partial charge in [-0.1, -0.05) is 23.7 Å². The molecular weight excluding hydrogens is 306 g/mol. The molecular formula is C16H24ClNO2S. The van der Waals surface area contributed by atoms with Crippen molar-refractivity contribution in [2.75, 3.05) is 18.1 Å². The monoisotopic (exact) mass is 329 g/mol. The van der Waals surface area contributed by atoms with Crippen LogP contribution >= 0.6 is 11.6 Å². The Morgan fingerprint density at radius 1 is 1.38 bits per heavy atom. The van der Waals surface area contributed by atoms with Gasteiger partial charge in [0.1, 0.15) is 0 Å². The predicted molar refractivity (Wildman–Crippen MR) is 88.7 cm³/mol. The molecule has 0 amide bonds. The van der Waals surface area contributed by atoms with Gasteiger partial charge in [-0.05, 0) is 50.8 Å². The summed E-state index contributed by atoms with van der Waals surface area (Å²) >= 11 is 6.10. The van der Waals surface area contributed by atoms with E-state index in [1.165, 1.54) is 0 Å². The fraction of sp³-hybridized carbons (Fsp3) is 0.625. The molecule has 0 radical (unpaired) electrons. The van der Waals surface area contributed by atoms with Gasteiger partial charge in [0.2, 0.25) is 0 Å².